The summed E-state index contributed by atoms with van der Waals surface area (Å²) in [5.74, 6) is 2.21. The lowest BCUT2D eigenvalue weighted by Gasteiger charge is -2.29. The number of likely N-dealkylation sites (N-methyl/N-ethyl adjacent to an activating group) is 1. The molecule has 3 nitrogen and oxygen atoms in total. The van der Waals surface area contributed by atoms with Crippen molar-refractivity contribution in [3.63, 3.8) is 0 Å². The summed E-state index contributed by atoms with van der Waals surface area (Å²) < 4.78 is 11.1. The molecule has 78 valence electrons. The summed E-state index contributed by atoms with van der Waals surface area (Å²) in [5.41, 5.74) is 0. The molecule has 0 aromatic carbocycles. The molecule has 0 amide bonds. The number of thioether (sulfide) groups is 1. The molecular weight excluding hydrogens is 186 g/mol. The van der Waals surface area contributed by atoms with E-state index in [1.54, 1.807) is 0 Å². The van der Waals surface area contributed by atoms with Gasteiger partial charge in [0.05, 0.1) is 25.4 Å². The van der Waals surface area contributed by atoms with Crippen molar-refractivity contribution in [1.82, 2.24) is 5.32 Å². The van der Waals surface area contributed by atoms with Crippen molar-refractivity contribution in [2.45, 2.75) is 19.1 Å². The predicted octanol–water partition coefficient (Wildman–Crippen LogP) is 0.743. The minimum absolute atomic E-state index is 0.315. The molecule has 1 fully saturated rings. The van der Waals surface area contributed by atoms with E-state index >= 15 is 0 Å². The largest absolute Gasteiger partial charge is 0.380 e. The van der Waals surface area contributed by atoms with E-state index in [1.807, 2.05) is 25.7 Å². The van der Waals surface area contributed by atoms with Crippen molar-refractivity contribution < 1.29 is 9.47 Å². The van der Waals surface area contributed by atoms with E-state index in [1.165, 1.54) is 0 Å². The maximum Gasteiger partial charge on any atom is 0.0841 e. The number of hydrogen-bond donors (Lipinski definition) is 1. The maximum atomic E-state index is 5.66. The van der Waals surface area contributed by atoms with Gasteiger partial charge in [0.1, 0.15) is 0 Å². The third-order valence-corrected chi connectivity index (χ3v) is 3.18. The summed E-state index contributed by atoms with van der Waals surface area (Å²) in [6.07, 6.45) is 0.315. The van der Waals surface area contributed by atoms with Gasteiger partial charge in [0.2, 0.25) is 0 Å². The summed E-state index contributed by atoms with van der Waals surface area (Å²) in [6, 6.07) is 0.341. The molecule has 4 heteroatoms. The van der Waals surface area contributed by atoms with Crippen LogP contribution in [-0.2, 0) is 9.47 Å². The maximum absolute atomic E-state index is 5.66. The van der Waals surface area contributed by atoms with Crippen LogP contribution < -0.4 is 5.32 Å². The van der Waals surface area contributed by atoms with Gasteiger partial charge in [-0.2, -0.15) is 11.8 Å². The Balaban J connectivity index is 2.26. The quantitative estimate of drug-likeness (QED) is 0.717. The zero-order chi connectivity index (χ0) is 9.52. The van der Waals surface area contributed by atoms with Crippen molar-refractivity contribution in [1.29, 1.82) is 0 Å². The Morgan fingerprint density at radius 2 is 2.54 bits per heavy atom. The van der Waals surface area contributed by atoms with Gasteiger partial charge < -0.3 is 14.8 Å². The molecule has 1 saturated heterocycles. The molecule has 0 aromatic heterocycles. The topological polar surface area (TPSA) is 30.5 Å². The highest BCUT2D eigenvalue weighted by atomic mass is 32.2. The van der Waals surface area contributed by atoms with Gasteiger partial charge in [0.15, 0.2) is 0 Å². The van der Waals surface area contributed by atoms with Crippen LogP contribution >= 0.6 is 11.8 Å². The first-order valence-electron chi connectivity index (χ1n) is 4.82. The van der Waals surface area contributed by atoms with Crippen LogP contribution in [0.4, 0.5) is 0 Å². The summed E-state index contributed by atoms with van der Waals surface area (Å²) >= 11 is 1.96. The Bertz CT molecular complexity index is 129. The van der Waals surface area contributed by atoms with Gasteiger partial charge in [0.25, 0.3) is 0 Å². The Morgan fingerprint density at radius 3 is 3.08 bits per heavy atom. The molecule has 0 radical (unpaired) electrons. The van der Waals surface area contributed by atoms with E-state index < -0.39 is 0 Å². The molecule has 1 rings (SSSR count). The minimum atomic E-state index is 0.315. The number of hydrogen-bond acceptors (Lipinski definition) is 4. The van der Waals surface area contributed by atoms with Gasteiger partial charge in [-0.15, -0.1) is 0 Å². The lowest BCUT2D eigenvalue weighted by atomic mass is 10.2. The lowest BCUT2D eigenvalue weighted by molar-refractivity contribution is 0.0148. The average Bonchev–Trinajstić information content (AvgIpc) is 2.21. The molecule has 0 bridgehead atoms. The molecule has 0 aromatic rings. The van der Waals surface area contributed by atoms with Crippen LogP contribution in [0.3, 0.4) is 0 Å². The molecular formula is C9H19NO2S. The van der Waals surface area contributed by atoms with E-state index in [0.717, 1.165) is 31.3 Å². The summed E-state index contributed by atoms with van der Waals surface area (Å²) in [4.78, 5) is 0. The van der Waals surface area contributed by atoms with Gasteiger partial charge >= 0.3 is 0 Å². The summed E-state index contributed by atoms with van der Waals surface area (Å²) in [7, 11) is 1.96. The van der Waals surface area contributed by atoms with Crippen LogP contribution in [0.5, 0.6) is 0 Å². The second-order valence-electron chi connectivity index (χ2n) is 3.04. The molecule has 2 unspecified atom stereocenters. The Morgan fingerprint density at radius 1 is 1.69 bits per heavy atom. The van der Waals surface area contributed by atoms with Crippen LogP contribution in [0.1, 0.15) is 6.92 Å². The van der Waals surface area contributed by atoms with Crippen molar-refractivity contribution in [2.75, 3.05) is 38.4 Å². The molecule has 1 heterocycles. The van der Waals surface area contributed by atoms with Crippen LogP contribution in [0.25, 0.3) is 0 Å². The number of rotatable bonds is 5. The zero-order valence-electron chi connectivity index (χ0n) is 8.41. The third-order valence-electron chi connectivity index (χ3n) is 2.16. The predicted molar refractivity (Wildman–Crippen MR) is 56.4 cm³/mol. The fourth-order valence-corrected chi connectivity index (χ4v) is 2.30. The van der Waals surface area contributed by atoms with Crippen LogP contribution in [0.2, 0.25) is 0 Å². The fraction of sp³-hybridized carbons (Fsp3) is 1.00. The molecule has 1 N–H and O–H groups in total. The average molecular weight is 205 g/mol. The normalized spacial score (nSPS) is 25.8. The first-order valence-corrected chi connectivity index (χ1v) is 5.98. The van der Waals surface area contributed by atoms with Gasteiger partial charge in [-0.25, -0.2) is 0 Å². The van der Waals surface area contributed by atoms with E-state index in [9.17, 15) is 0 Å². The first-order chi connectivity index (χ1) is 6.38. The Labute approximate surface area is 84.6 Å². The molecule has 13 heavy (non-hydrogen) atoms. The van der Waals surface area contributed by atoms with E-state index in [2.05, 4.69) is 5.32 Å². The molecule has 0 aliphatic carbocycles. The molecule has 1 aliphatic heterocycles. The number of ether oxygens (including phenoxy) is 2. The fourth-order valence-electron chi connectivity index (χ4n) is 1.36. The Kier molecular flexibility index (Phi) is 5.78. The van der Waals surface area contributed by atoms with Crippen molar-refractivity contribution >= 4 is 11.8 Å². The summed E-state index contributed by atoms with van der Waals surface area (Å²) in [5, 5.41) is 3.24. The van der Waals surface area contributed by atoms with E-state index in [0.29, 0.717) is 12.1 Å². The second kappa shape index (κ2) is 6.65. The van der Waals surface area contributed by atoms with Gasteiger partial charge in [0, 0.05) is 18.1 Å². The van der Waals surface area contributed by atoms with Gasteiger partial charge in [-0.05, 0) is 14.0 Å². The standard InChI is InChI=1S/C9H19NO2S/c1-3-11-6-8(10-2)9-7-13-5-4-12-9/h8-10H,3-7H2,1-2H3. The molecule has 0 saturated carbocycles. The minimum Gasteiger partial charge on any atom is -0.380 e. The first kappa shape index (κ1) is 11.3. The third kappa shape index (κ3) is 3.85. The van der Waals surface area contributed by atoms with Crippen molar-refractivity contribution in [3.8, 4) is 0 Å². The second-order valence-corrected chi connectivity index (χ2v) is 4.19. The highest BCUT2D eigenvalue weighted by Crippen LogP contribution is 2.15. The molecule has 2 atom stereocenters. The highest BCUT2D eigenvalue weighted by molar-refractivity contribution is 7.99. The van der Waals surface area contributed by atoms with E-state index in [4.69, 9.17) is 9.47 Å². The monoisotopic (exact) mass is 205 g/mol. The van der Waals surface area contributed by atoms with Crippen LogP contribution in [-0.4, -0.2) is 50.5 Å². The van der Waals surface area contributed by atoms with Gasteiger partial charge in [-0.3, -0.25) is 0 Å². The lowest BCUT2D eigenvalue weighted by Crippen LogP contribution is -2.46. The van der Waals surface area contributed by atoms with E-state index in [-0.39, 0.29) is 0 Å². The van der Waals surface area contributed by atoms with Crippen molar-refractivity contribution in [2.24, 2.45) is 0 Å². The molecule has 0 spiro atoms. The smallest absolute Gasteiger partial charge is 0.0841 e. The summed E-state index contributed by atoms with van der Waals surface area (Å²) in [6.45, 7) is 4.42. The SMILES string of the molecule is CCOCC(NC)C1CSCCO1. The zero-order valence-corrected chi connectivity index (χ0v) is 9.23. The Hall–Kier alpha value is 0.230. The highest BCUT2D eigenvalue weighted by Gasteiger charge is 2.23. The van der Waals surface area contributed by atoms with Crippen molar-refractivity contribution in [3.05, 3.63) is 0 Å². The van der Waals surface area contributed by atoms with Crippen LogP contribution in [0, 0.1) is 0 Å². The number of nitrogens with one attached hydrogen (secondary N) is 1. The molecule has 1 aliphatic rings. The van der Waals surface area contributed by atoms with Gasteiger partial charge in [-0.1, -0.05) is 0 Å². The van der Waals surface area contributed by atoms with Crippen LogP contribution in [0.15, 0.2) is 0 Å².